The molecule has 3 rings (SSSR count). The summed E-state index contributed by atoms with van der Waals surface area (Å²) in [5, 5.41) is 121. The molecule has 0 aliphatic carbocycles. The van der Waals surface area contributed by atoms with Crippen LogP contribution in [0.25, 0.3) is 0 Å². The molecule has 0 saturated carbocycles. The van der Waals surface area contributed by atoms with Gasteiger partial charge in [0, 0.05) is 6.42 Å². The number of nitrogens with one attached hydrogen (secondary N) is 1. The molecular weight excluding hydrogens is 1180 g/mol. The van der Waals surface area contributed by atoms with Crippen molar-refractivity contribution in [2.75, 3.05) is 26.4 Å². The van der Waals surface area contributed by atoms with Crippen LogP contribution in [0.15, 0.2) is 24.3 Å². The van der Waals surface area contributed by atoms with Crippen molar-refractivity contribution >= 4 is 5.91 Å². The van der Waals surface area contributed by atoms with E-state index in [1.54, 1.807) is 6.08 Å². The summed E-state index contributed by atoms with van der Waals surface area (Å²) in [6.45, 7) is 1.76. The number of unbranched alkanes of at least 4 members (excludes halogenated alkanes) is 41. The molecule has 3 fully saturated rings. The molecule has 19 heteroatoms. The molecule has 0 radical (unpaired) electrons. The fourth-order valence-corrected chi connectivity index (χ4v) is 12.9. The molecule has 0 aromatic rings. The van der Waals surface area contributed by atoms with Crippen LogP contribution in [0.2, 0.25) is 0 Å². The Morgan fingerprint density at radius 1 is 0.380 bits per heavy atom. The monoisotopic (exact) mass is 1320 g/mol. The third-order valence-corrected chi connectivity index (χ3v) is 19.0. The summed E-state index contributed by atoms with van der Waals surface area (Å²) < 4.78 is 34.4. The van der Waals surface area contributed by atoms with Gasteiger partial charge in [0.1, 0.15) is 73.2 Å². The van der Waals surface area contributed by atoms with Gasteiger partial charge in [-0.1, -0.05) is 276 Å². The van der Waals surface area contributed by atoms with E-state index in [1.165, 1.54) is 218 Å². The molecule has 3 aliphatic heterocycles. The van der Waals surface area contributed by atoms with Gasteiger partial charge in [0.25, 0.3) is 0 Å². The van der Waals surface area contributed by atoms with Crippen LogP contribution in [0, 0.1) is 0 Å². The third-order valence-electron chi connectivity index (χ3n) is 19.0. The van der Waals surface area contributed by atoms with Crippen molar-refractivity contribution in [3.8, 4) is 0 Å². The Balaban J connectivity index is 1.39. The minimum Gasteiger partial charge on any atom is -0.394 e. The van der Waals surface area contributed by atoms with E-state index >= 15 is 0 Å². The van der Waals surface area contributed by atoms with Crippen molar-refractivity contribution in [2.45, 2.75) is 407 Å². The van der Waals surface area contributed by atoms with Gasteiger partial charge < -0.3 is 89.9 Å². The molecule has 19 nitrogen and oxygen atoms in total. The van der Waals surface area contributed by atoms with Crippen molar-refractivity contribution < 1.29 is 89.4 Å². The summed E-state index contributed by atoms with van der Waals surface area (Å²) in [7, 11) is 0. The lowest BCUT2D eigenvalue weighted by atomic mass is 9.96. The number of aliphatic hydroxyl groups is 11. The van der Waals surface area contributed by atoms with Crippen LogP contribution >= 0.6 is 0 Å². The smallest absolute Gasteiger partial charge is 0.220 e. The fourth-order valence-electron chi connectivity index (χ4n) is 12.9. The lowest BCUT2D eigenvalue weighted by Gasteiger charge is -2.48. The van der Waals surface area contributed by atoms with E-state index in [2.05, 4.69) is 31.3 Å². The van der Waals surface area contributed by atoms with E-state index in [4.69, 9.17) is 28.4 Å². The second-order valence-electron chi connectivity index (χ2n) is 27.1. The molecule has 0 aromatic heterocycles. The van der Waals surface area contributed by atoms with E-state index in [0.29, 0.717) is 6.42 Å². The summed E-state index contributed by atoms with van der Waals surface area (Å²) in [5.41, 5.74) is 0. The van der Waals surface area contributed by atoms with Gasteiger partial charge in [-0.3, -0.25) is 4.79 Å². The Bertz CT molecular complexity index is 1760. The van der Waals surface area contributed by atoms with Gasteiger partial charge in [0.05, 0.1) is 38.6 Å². The number of allylic oxidation sites excluding steroid dienone is 3. The van der Waals surface area contributed by atoms with Gasteiger partial charge in [0.2, 0.25) is 5.91 Å². The SMILES string of the molecule is CCCCCCCC/C=C\CCCCCCCCCC(=O)NC(COC1OC(CO)C(OC2OC(CO)C(OC3OC(CO)C(O)C(O)C3O)C(O)C2O)C(O)C1O)C(O)/C=C/CCCCCCCCCCCCCCCCCCCCCCCCCCCCCC. The highest BCUT2D eigenvalue weighted by molar-refractivity contribution is 5.76. The molecule has 92 heavy (non-hydrogen) atoms. The van der Waals surface area contributed by atoms with E-state index in [9.17, 15) is 61.0 Å². The highest BCUT2D eigenvalue weighted by Gasteiger charge is 2.53. The van der Waals surface area contributed by atoms with Crippen LogP contribution in [0.1, 0.15) is 303 Å². The summed E-state index contributed by atoms with van der Waals surface area (Å²) in [4.78, 5) is 13.4. The zero-order valence-corrected chi connectivity index (χ0v) is 57.5. The Hall–Kier alpha value is -1.73. The van der Waals surface area contributed by atoms with E-state index in [1.807, 2.05) is 6.08 Å². The number of carbonyl (C=O) groups excluding carboxylic acids is 1. The lowest BCUT2D eigenvalue weighted by Crippen LogP contribution is -2.66. The number of hydrogen-bond donors (Lipinski definition) is 12. The average Bonchev–Trinajstić information content (AvgIpc) is 0.838. The predicted octanol–water partition coefficient (Wildman–Crippen LogP) is 11.0. The molecule has 0 spiro atoms. The zero-order chi connectivity index (χ0) is 66.8. The average molecular weight is 1320 g/mol. The van der Waals surface area contributed by atoms with Gasteiger partial charge >= 0.3 is 0 Å². The van der Waals surface area contributed by atoms with Crippen molar-refractivity contribution in [3.05, 3.63) is 24.3 Å². The van der Waals surface area contributed by atoms with E-state index in [0.717, 1.165) is 57.8 Å². The molecule has 542 valence electrons. The first-order chi connectivity index (χ1) is 44.8. The molecule has 17 atom stereocenters. The third kappa shape index (κ3) is 36.2. The van der Waals surface area contributed by atoms with Crippen molar-refractivity contribution in [2.24, 2.45) is 0 Å². The van der Waals surface area contributed by atoms with Crippen molar-refractivity contribution in [1.29, 1.82) is 0 Å². The second kappa shape index (κ2) is 55.2. The molecule has 0 bridgehead atoms. The van der Waals surface area contributed by atoms with Crippen LogP contribution in [-0.4, -0.2) is 193 Å². The summed E-state index contributed by atoms with van der Waals surface area (Å²) in [6, 6.07) is -0.974. The molecule has 3 heterocycles. The summed E-state index contributed by atoms with van der Waals surface area (Å²) in [5.74, 6) is -0.276. The Kier molecular flexibility index (Phi) is 50.7. The summed E-state index contributed by atoms with van der Waals surface area (Å²) in [6.07, 6.45) is 37.4. The van der Waals surface area contributed by atoms with Gasteiger partial charge in [-0.05, 0) is 44.9 Å². The number of aliphatic hydroxyl groups excluding tert-OH is 11. The topological polar surface area (TPSA) is 307 Å². The highest BCUT2D eigenvalue weighted by Crippen LogP contribution is 2.33. The first-order valence-electron chi connectivity index (χ1n) is 37.6. The largest absolute Gasteiger partial charge is 0.394 e. The second-order valence-corrected chi connectivity index (χ2v) is 27.1. The molecule has 17 unspecified atom stereocenters. The Morgan fingerprint density at radius 3 is 1.05 bits per heavy atom. The van der Waals surface area contributed by atoms with Crippen LogP contribution in [0.3, 0.4) is 0 Å². The predicted molar refractivity (Wildman–Crippen MR) is 360 cm³/mol. The highest BCUT2D eigenvalue weighted by atomic mass is 16.8. The number of ether oxygens (including phenoxy) is 6. The van der Waals surface area contributed by atoms with Crippen LogP contribution in [-0.2, 0) is 33.2 Å². The van der Waals surface area contributed by atoms with E-state index in [-0.39, 0.29) is 18.9 Å². The normalized spacial score (nSPS) is 27.8. The van der Waals surface area contributed by atoms with Gasteiger partial charge in [-0.15, -0.1) is 0 Å². The standard InChI is InChI=1S/C73H137NO18/c1-3-5-7-9-11-13-15-17-19-21-22-23-24-25-26-27-28-29-30-31-32-33-35-36-38-40-42-44-46-48-50-57(78)56(74-61(79)51-49-47-45-43-41-39-37-34-20-18-16-14-12-10-8-6-4-2)55-87-71-67(85)64(82)69(59(53-76)89-71)92-73-68(86)65(83)70(60(54-77)90-73)91-72-66(84)63(81)62(80)58(52-75)88-72/h18,20,48,50,56-60,62-73,75-78,80-86H,3-17,19,21-47,49,51-55H2,1-2H3,(H,74,79)/b20-18-,50-48+. The molecule has 12 N–H and O–H groups in total. The van der Waals surface area contributed by atoms with Crippen LogP contribution in [0.5, 0.6) is 0 Å². The quantitative estimate of drug-likeness (QED) is 0.0199. The van der Waals surface area contributed by atoms with Gasteiger partial charge in [0.15, 0.2) is 18.9 Å². The first-order valence-corrected chi connectivity index (χ1v) is 37.6. The number of carbonyl (C=O) groups is 1. The van der Waals surface area contributed by atoms with Crippen LogP contribution < -0.4 is 5.32 Å². The number of rotatable bonds is 59. The lowest BCUT2D eigenvalue weighted by molar-refractivity contribution is -0.379. The molecule has 1 amide bonds. The number of hydrogen-bond acceptors (Lipinski definition) is 18. The van der Waals surface area contributed by atoms with Crippen molar-refractivity contribution in [1.82, 2.24) is 5.32 Å². The fraction of sp³-hybridized carbons (Fsp3) is 0.932. The van der Waals surface area contributed by atoms with E-state index < -0.39 is 124 Å². The molecule has 3 aliphatic rings. The van der Waals surface area contributed by atoms with Gasteiger partial charge in [-0.2, -0.15) is 0 Å². The number of amides is 1. The first kappa shape index (κ1) is 84.5. The maximum absolute atomic E-state index is 13.4. The summed E-state index contributed by atoms with van der Waals surface area (Å²) >= 11 is 0. The molecule has 3 saturated heterocycles. The Morgan fingerprint density at radius 2 is 0.685 bits per heavy atom. The van der Waals surface area contributed by atoms with Gasteiger partial charge in [-0.25, -0.2) is 0 Å². The van der Waals surface area contributed by atoms with Crippen molar-refractivity contribution in [3.63, 3.8) is 0 Å². The minimum atomic E-state index is -1.98. The molecular formula is C73H137NO18. The maximum atomic E-state index is 13.4. The Labute approximate surface area is 556 Å². The molecule has 0 aromatic carbocycles. The zero-order valence-electron chi connectivity index (χ0n) is 57.5. The minimum absolute atomic E-state index is 0.240. The van der Waals surface area contributed by atoms with Crippen LogP contribution in [0.4, 0.5) is 0 Å². The maximum Gasteiger partial charge on any atom is 0.220 e.